The summed E-state index contributed by atoms with van der Waals surface area (Å²) in [6.45, 7) is 3.52. The number of nitrogens with zero attached hydrogens (tertiary/aromatic N) is 1. The van der Waals surface area contributed by atoms with Crippen LogP contribution in [0.5, 0.6) is 11.5 Å². The molecular formula is C24H24N2O4S. The molecule has 0 radical (unpaired) electrons. The highest BCUT2D eigenvalue weighted by molar-refractivity contribution is 7.92. The van der Waals surface area contributed by atoms with Crippen LogP contribution < -0.4 is 14.4 Å². The second kappa shape index (κ2) is 8.43. The van der Waals surface area contributed by atoms with E-state index < -0.39 is 10.0 Å². The Morgan fingerprint density at radius 2 is 1.71 bits per heavy atom. The maximum atomic E-state index is 12.7. The third-order valence-corrected chi connectivity index (χ3v) is 7.14. The van der Waals surface area contributed by atoms with E-state index in [0.29, 0.717) is 29.1 Å². The molecule has 0 saturated heterocycles. The molecule has 0 bridgehead atoms. The van der Waals surface area contributed by atoms with Crippen LogP contribution >= 0.6 is 0 Å². The molecule has 0 spiro atoms. The summed E-state index contributed by atoms with van der Waals surface area (Å²) in [4.78, 5) is 12.7. The molecule has 3 aromatic rings. The molecule has 1 heterocycles. The van der Waals surface area contributed by atoms with Crippen molar-refractivity contribution in [1.29, 1.82) is 0 Å². The van der Waals surface area contributed by atoms with Gasteiger partial charge < -0.3 is 10.1 Å². The Morgan fingerprint density at radius 3 is 2.39 bits per heavy atom. The second-order valence-corrected chi connectivity index (χ2v) is 9.62. The highest BCUT2D eigenvalue weighted by Gasteiger charge is 2.34. The summed E-state index contributed by atoms with van der Waals surface area (Å²) in [7, 11) is -3.35. The molecule has 1 N–H and O–H groups in total. The normalized spacial score (nSPS) is 15.4. The Kier molecular flexibility index (Phi) is 5.69. The Bertz CT molecular complexity index is 1190. The number of carbonyl (C=O) groups excluding carboxylic acids is 1. The van der Waals surface area contributed by atoms with Crippen LogP contribution in [0.2, 0.25) is 0 Å². The molecule has 1 atom stereocenters. The summed E-state index contributed by atoms with van der Waals surface area (Å²) in [5.41, 5.74) is 2.66. The van der Waals surface area contributed by atoms with Crippen LogP contribution in [0.15, 0.2) is 72.8 Å². The Hall–Kier alpha value is -3.32. The summed E-state index contributed by atoms with van der Waals surface area (Å²) in [5, 5.41) is 2.88. The van der Waals surface area contributed by atoms with Gasteiger partial charge in [0.15, 0.2) is 0 Å². The second-order valence-electron chi connectivity index (χ2n) is 7.49. The lowest BCUT2D eigenvalue weighted by Crippen LogP contribution is -2.36. The third kappa shape index (κ3) is 4.41. The fraction of sp³-hybridized carbons (Fsp3) is 0.208. The van der Waals surface area contributed by atoms with Crippen LogP contribution in [-0.4, -0.2) is 26.1 Å². The molecule has 0 aliphatic carbocycles. The van der Waals surface area contributed by atoms with Gasteiger partial charge in [0.2, 0.25) is 10.0 Å². The fourth-order valence-corrected chi connectivity index (χ4v) is 5.12. The predicted octanol–water partition coefficient (Wildman–Crippen LogP) is 4.83. The van der Waals surface area contributed by atoms with Crippen molar-refractivity contribution in [2.24, 2.45) is 0 Å². The van der Waals surface area contributed by atoms with Gasteiger partial charge >= 0.3 is 0 Å². The zero-order chi connectivity index (χ0) is 22.0. The van der Waals surface area contributed by atoms with E-state index >= 15 is 0 Å². The van der Waals surface area contributed by atoms with Gasteiger partial charge in [-0.2, -0.15) is 0 Å². The number of para-hydroxylation sites is 1. The molecule has 0 unspecified atom stereocenters. The Labute approximate surface area is 182 Å². The SMILES string of the molecule is CCS(=O)(=O)N1c2ccc(C(=O)Nc3ccc(Oc4ccccc4)cc3)cc2C[C@H]1C. The molecule has 7 heteroatoms. The van der Waals surface area contributed by atoms with E-state index in [1.54, 1.807) is 49.4 Å². The number of rotatable bonds is 6. The molecule has 0 fully saturated rings. The number of amides is 1. The molecule has 1 aliphatic heterocycles. The highest BCUT2D eigenvalue weighted by atomic mass is 32.2. The van der Waals surface area contributed by atoms with Crippen LogP contribution in [0.3, 0.4) is 0 Å². The minimum Gasteiger partial charge on any atom is -0.457 e. The quantitative estimate of drug-likeness (QED) is 0.600. The third-order valence-electron chi connectivity index (χ3n) is 5.25. The molecule has 4 rings (SSSR count). The number of anilines is 2. The topological polar surface area (TPSA) is 75.7 Å². The number of nitrogens with one attached hydrogen (secondary N) is 1. The van der Waals surface area contributed by atoms with Gasteiger partial charge in [0.25, 0.3) is 5.91 Å². The maximum Gasteiger partial charge on any atom is 0.255 e. The Morgan fingerprint density at radius 1 is 1.03 bits per heavy atom. The van der Waals surface area contributed by atoms with Gasteiger partial charge in [0, 0.05) is 17.3 Å². The number of hydrogen-bond acceptors (Lipinski definition) is 4. The minimum atomic E-state index is -3.35. The van der Waals surface area contributed by atoms with Gasteiger partial charge in [-0.05, 0) is 80.4 Å². The number of carbonyl (C=O) groups is 1. The summed E-state index contributed by atoms with van der Waals surface area (Å²) in [6, 6.07) is 21.6. The molecule has 6 nitrogen and oxygen atoms in total. The van der Waals surface area contributed by atoms with Crippen molar-refractivity contribution in [3.63, 3.8) is 0 Å². The van der Waals surface area contributed by atoms with Gasteiger partial charge in [0.05, 0.1) is 11.4 Å². The first kappa shape index (κ1) is 20.9. The lowest BCUT2D eigenvalue weighted by molar-refractivity contribution is 0.102. The van der Waals surface area contributed by atoms with E-state index in [0.717, 1.165) is 11.3 Å². The van der Waals surface area contributed by atoms with Crippen molar-refractivity contribution in [3.05, 3.63) is 83.9 Å². The van der Waals surface area contributed by atoms with E-state index in [9.17, 15) is 13.2 Å². The summed E-state index contributed by atoms with van der Waals surface area (Å²) < 4.78 is 32.1. The average molecular weight is 437 g/mol. The number of ether oxygens (including phenoxy) is 1. The lowest BCUT2D eigenvalue weighted by atomic mass is 10.1. The van der Waals surface area contributed by atoms with Gasteiger partial charge in [-0.25, -0.2) is 8.42 Å². The zero-order valence-electron chi connectivity index (χ0n) is 17.4. The fourth-order valence-electron chi connectivity index (χ4n) is 3.74. The van der Waals surface area contributed by atoms with E-state index in [1.165, 1.54) is 4.31 Å². The number of fused-ring (bicyclic) bond motifs is 1. The number of hydrogen-bond donors (Lipinski definition) is 1. The summed E-state index contributed by atoms with van der Waals surface area (Å²) in [5.74, 6) is 1.21. The van der Waals surface area contributed by atoms with Crippen molar-refractivity contribution >= 4 is 27.3 Å². The van der Waals surface area contributed by atoms with Gasteiger partial charge in [-0.1, -0.05) is 18.2 Å². The van der Waals surface area contributed by atoms with Crippen molar-refractivity contribution in [2.45, 2.75) is 26.3 Å². The maximum absolute atomic E-state index is 12.7. The Balaban J connectivity index is 1.47. The highest BCUT2D eigenvalue weighted by Crippen LogP contribution is 2.35. The molecule has 31 heavy (non-hydrogen) atoms. The van der Waals surface area contributed by atoms with Crippen LogP contribution in [0.4, 0.5) is 11.4 Å². The van der Waals surface area contributed by atoms with Crippen molar-refractivity contribution < 1.29 is 17.9 Å². The molecule has 1 aliphatic rings. The van der Waals surface area contributed by atoms with Crippen LogP contribution in [0, 0.1) is 0 Å². The van der Waals surface area contributed by atoms with Crippen molar-refractivity contribution in [2.75, 3.05) is 15.4 Å². The molecule has 0 aromatic heterocycles. The van der Waals surface area contributed by atoms with Gasteiger partial charge in [-0.3, -0.25) is 9.10 Å². The van der Waals surface area contributed by atoms with Gasteiger partial charge in [-0.15, -0.1) is 0 Å². The summed E-state index contributed by atoms with van der Waals surface area (Å²) in [6.07, 6.45) is 0.585. The monoisotopic (exact) mass is 436 g/mol. The predicted molar refractivity (Wildman–Crippen MR) is 122 cm³/mol. The molecular weight excluding hydrogens is 412 g/mol. The van der Waals surface area contributed by atoms with Crippen LogP contribution in [0.1, 0.15) is 29.8 Å². The first-order chi connectivity index (χ1) is 14.9. The first-order valence-electron chi connectivity index (χ1n) is 10.2. The average Bonchev–Trinajstić information content (AvgIpc) is 3.11. The van der Waals surface area contributed by atoms with Gasteiger partial charge in [0.1, 0.15) is 11.5 Å². The largest absolute Gasteiger partial charge is 0.457 e. The minimum absolute atomic E-state index is 0.0446. The van der Waals surface area contributed by atoms with Crippen LogP contribution in [0.25, 0.3) is 0 Å². The first-order valence-corrected chi connectivity index (χ1v) is 11.8. The molecule has 160 valence electrons. The standard InChI is InChI=1S/C24H24N2O4S/c1-3-31(28,29)26-17(2)15-19-16-18(9-14-23(19)26)24(27)25-20-10-12-22(13-11-20)30-21-7-5-4-6-8-21/h4-14,16-17H,3,15H2,1-2H3,(H,25,27)/t17-/m1/s1. The van der Waals surface area contributed by atoms with E-state index in [2.05, 4.69) is 5.32 Å². The van der Waals surface area contributed by atoms with Crippen molar-refractivity contribution in [1.82, 2.24) is 0 Å². The molecule has 3 aromatic carbocycles. The molecule has 1 amide bonds. The number of sulfonamides is 1. The summed E-state index contributed by atoms with van der Waals surface area (Å²) >= 11 is 0. The zero-order valence-corrected chi connectivity index (χ0v) is 18.2. The van der Waals surface area contributed by atoms with Crippen molar-refractivity contribution in [3.8, 4) is 11.5 Å². The number of benzene rings is 3. The van der Waals surface area contributed by atoms with E-state index in [-0.39, 0.29) is 17.7 Å². The lowest BCUT2D eigenvalue weighted by Gasteiger charge is -2.23. The molecule has 0 saturated carbocycles. The van der Waals surface area contributed by atoms with E-state index in [1.807, 2.05) is 37.3 Å². The van der Waals surface area contributed by atoms with E-state index in [4.69, 9.17) is 4.74 Å². The smallest absolute Gasteiger partial charge is 0.255 e. The van der Waals surface area contributed by atoms with Crippen LogP contribution in [-0.2, 0) is 16.4 Å².